The van der Waals surface area contributed by atoms with Crippen molar-refractivity contribution in [2.24, 2.45) is 0 Å². The first kappa shape index (κ1) is 17.9. The monoisotopic (exact) mass is 327 g/mol. The lowest BCUT2D eigenvalue weighted by atomic mass is 10.1. The molecule has 0 aliphatic heterocycles. The van der Waals surface area contributed by atoms with Gasteiger partial charge in [0.05, 0.1) is 0 Å². The molecule has 0 unspecified atom stereocenters. The van der Waals surface area contributed by atoms with Gasteiger partial charge in [0.25, 0.3) is 5.91 Å². The van der Waals surface area contributed by atoms with Gasteiger partial charge in [0.2, 0.25) is 0 Å². The largest absolute Gasteiger partial charge is 0.369 e. The van der Waals surface area contributed by atoms with Crippen molar-refractivity contribution in [3.05, 3.63) is 47.0 Å². The number of hydrogen-bond acceptors (Lipinski definition) is 5. The molecule has 128 valence electrons. The number of carbonyl (C=O) groups excluding carboxylic acids is 1. The van der Waals surface area contributed by atoms with E-state index < -0.39 is 0 Å². The van der Waals surface area contributed by atoms with Crippen LogP contribution in [0.2, 0.25) is 0 Å². The minimum atomic E-state index is -0.181. The van der Waals surface area contributed by atoms with Crippen molar-refractivity contribution in [3.63, 3.8) is 0 Å². The Labute approximate surface area is 143 Å². The quantitative estimate of drug-likeness (QED) is 0.765. The average molecular weight is 327 g/mol. The zero-order chi connectivity index (χ0) is 17.5. The van der Waals surface area contributed by atoms with Crippen LogP contribution in [0.1, 0.15) is 27.9 Å². The van der Waals surface area contributed by atoms with Crippen LogP contribution in [0.4, 0.5) is 11.6 Å². The Morgan fingerprint density at radius 3 is 2.38 bits per heavy atom. The van der Waals surface area contributed by atoms with Gasteiger partial charge in [-0.05, 0) is 76.3 Å². The summed E-state index contributed by atoms with van der Waals surface area (Å²) >= 11 is 0. The van der Waals surface area contributed by atoms with Crippen LogP contribution in [0.25, 0.3) is 0 Å². The van der Waals surface area contributed by atoms with Crippen LogP contribution < -0.4 is 10.6 Å². The number of amides is 1. The molecule has 0 saturated heterocycles. The summed E-state index contributed by atoms with van der Waals surface area (Å²) in [6, 6.07) is 9.19. The standard InChI is InChI=1S/C18H25N5O/c1-13-6-7-15(12-14(13)2)18(24)20-17-9-8-16(21-22-17)19-10-5-11-23(3)4/h6-9,12H,5,10-11H2,1-4H3,(H,19,21)(H,20,22,24). The third-order valence-electron chi connectivity index (χ3n) is 3.76. The smallest absolute Gasteiger partial charge is 0.256 e. The Morgan fingerprint density at radius 1 is 1.04 bits per heavy atom. The Morgan fingerprint density at radius 2 is 1.75 bits per heavy atom. The van der Waals surface area contributed by atoms with Crippen molar-refractivity contribution in [1.82, 2.24) is 15.1 Å². The lowest BCUT2D eigenvalue weighted by molar-refractivity contribution is 0.102. The third-order valence-corrected chi connectivity index (χ3v) is 3.76. The number of carbonyl (C=O) groups is 1. The van der Waals surface area contributed by atoms with Gasteiger partial charge < -0.3 is 15.5 Å². The van der Waals surface area contributed by atoms with Gasteiger partial charge in [0.15, 0.2) is 5.82 Å². The SMILES string of the molecule is Cc1ccc(C(=O)Nc2ccc(NCCCN(C)C)nn2)cc1C. The van der Waals surface area contributed by atoms with E-state index in [-0.39, 0.29) is 5.91 Å². The highest BCUT2D eigenvalue weighted by atomic mass is 16.1. The van der Waals surface area contributed by atoms with Gasteiger partial charge in [0, 0.05) is 12.1 Å². The zero-order valence-electron chi connectivity index (χ0n) is 14.8. The number of aromatic nitrogens is 2. The molecule has 6 nitrogen and oxygen atoms in total. The summed E-state index contributed by atoms with van der Waals surface area (Å²) in [5.74, 6) is 0.967. The minimum absolute atomic E-state index is 0.181. The molecule has 6 heteroatoms. The summed E-state index contributed by atoms with van der Waals surface area (Å²) in [6.45, 7) is 5.86. The van der Waals surface area contributed by atoms with Gasteiger partial charge >= 0.3 is 0 Å². The van der Waals surface area contributed by atoms with E-state index in [1.165, 1.54) is 0 Å². The number of rotatable bonds is 7. The second-order valence-corrected chi connectivity index (χ2v) is 6.14. The fourth-order valence-corrected chi connectivity index (χ4v) is 2.18. The van der Waals surface area contributed by atoms with Gasteiger partial charge in [-0.2, -0.15) is 0 Å². The second kappa shape index (κ2) is 8.40. The van der Waals surface area contributed by atoms with Crippen LogP contribution in [0.15, 0.2) is 30.3 Å². The average Bonchev–Trinajstić information content (AvgIpc) is 2.55. The maximum Gasteiger partial charge on any atom is 0.256 e. The molecular formula is C18H25N5O. The molecule has 1 heterocycles. The van der Waals surface area contributed by atoms with Crippen molar-refractivity contribution in [2.45, 2.75) is 20.3 Å². The Bertz CT molecular complexity index is 682. The lowest BCUT2D eigenvalue weighted by Gasteiger charge is -2.10. The molecule has 0 aliphatic carbocycles. The first-order valence-electron chi connectivity index (χ1n) is 8.06. The predicted molar refractivity (Wildman–Crippen MR) is 97.6 cm³/mol. The highest BCUT2D eigenvalue weighted by molar-refractivity contribution is 6.03. The number of anilines is 2. The zero-order valence-corrected chi connectivity index (χ0v) is 14.8. The Kier molecular flexibility index (Phi) is 6.26. The fourth-order valence-electron chi connectivity index (χ4n) is 2.18. The Balaban J connectivity index is 1.88. The number of nitrogens with zero attached hydrogens (tertiary/aromatic N) is 3. The fraction of sp³-hybridized carbons (Fsp3) is 0.389. The molecule has 0 atom stereocenters. The van der Waals surface area contributed by atoms with Crippen molar-refractivity contribution in [1.29, 1.82) is 0 Å². The lowest BCUT2D eigenvalue weighted by Crippen LogP contribution is -2.17. The van der Waals surface area contributed by atoms with E-state index in [0.717, 1.165) is 30.6 Å². The van der Waals surface area contributed by atoms with Crippen LogP contribution >= 0.6 is 0 Å². The van der Waals surface area contributed by atoms with Gasteiger partial charge in [-0.15, -0.1) is 10.2 Å². The third kappa shape index (κ3) is 5.31. The van der Waals surface area contributed by atoms with Gasteiger partial charge in [-0.1, -0.05) is 6.07 Å². The molecule has 1 aromatic heterocycles. The molecule has 0 saturated carbocycles. The molecule has 0 spiro atoms. The summed E-state index contributed by atoms with van der Waals surface area (Å²) in [4.78, 5) is 14.4. The molecule has 0 bridgehead atoms. The van der Waals surface area contributed by atoms with Crippen LogP contribution in [0.3, 0.4) is 0 Å². The van der Waals surface area contributed by atoms with E-state index in [1.54, 1.807) is 6.07 Å². The summed E-state index contributed by atoms with van der Waals surface area (Å²) in [5.41, 5.74) is 2.87. The van der Waals surface area contributed by atoms with E-state index >= 15 is 0 Å². The van der Waals surface area contributed by atoms with Gasteiger partial charge in [0.1, 0.15) is 5.82 Å². The maximum absolute atomic E-state index is 12.2. The summed E-state index contributed by atoms with van der Waals surface area (Å²) in [7, 11) is 4.10. The maximum atomic E-state index is 12.2. The molecule has 2 aromatic rings. The summed E-state index contributed by atoms with van der Waals surface area (Å²) in [5, 5.41) is 14.1. The topological polar surface area (TPSA) is 70.2 Å². The number of aryl methyl sites for hydroxylation is 2. The molecule has 2 rings (SSSR count). The van der Waals surface area contributed by atoms with Gasteiger partial charge in [-0.25, -0.2) is 0 Å². The van der Waals surface area contributed by atoms with Crippen LogP contribution in [0, 0.1) is 13.8 Å². The molecular weight excluding hydrogens is 302 g/mol. The van der Waals surface area contributed by atoms with E-state index in [2.05, 4.69) is 25.7 Å². The second-order valence-electron chi connectivity index (χ2n) is 6.14. The van der Waals surface area contributed by atoms with Crippen molar-refractivity contribution < 1.29 is 4.79 Å². The first-order valence-corrected chi connectivity index (χ1v) is 8.06. The molecule has 1 aromatic carbocycles. The molecule has 24 heavy (non-hydrogen) atoms. The number of benzene rings is 1. The van der Waals surface area contributed by atoms with E-state index in [0.29, 0.717) is 17.2 Å². The van der Waals surface area contributed by atoms with E-state index in [9.17, 15) is 4.79 Å². The van der Waals surface area contributed by atoms with E-state index in [1.807, 2.05) is 52.2 Å². The minimum Gasteiger partial charge on any atom is -0.369 e. The predicted octanol–water partition coefficient (Wildman–Crippen LogP) is 2.71. The molecule has 1 amide bonds. The molecule has 0 aliphatic rings. The molecule has 2 N–H and O–H groups in total. The summed E-state index contributed by atoms with van der Waals surface area (Å²) in [6.07, 6.45) is 1.03. The van der Waals surface area contributed by atoms with Crippen molar-refractivity contribution in [2.75, 3.05) is 37.8 Å². The van der Waals surface area contributed by atoms with Crippen LogP contribution in [-0.4, -0.2) is 48.2 Å². The first-order chi connectivity index (χ1) is 11.5. The molecule has 0 fully saturated rings. The van der Waals surface area contributed by atoms with Crippen LogP contribution in [-0.2, 0) is 0 Å². The summed E-state index contributed by atoms with van der Waals surface area (Å²) < 4.78 is 0. The van der Waals surface area contributed by atoms with Gasteiger partial charge in [-0.3, -0.25) is 4.79 Å². The van der Waals surface area contributed by atoms with Crippen molar-refractivity contribution >= 4 is 17.5 Å². The highest BCUT2D eigenvalue weighted by Crippen LogP contribution is 2.12. The highest BCUT2D eigenvalue weighted by Gasteiger charge is 2.08. The molecule has 0 radical (unpaired) electrons. The normalized spacial score (nSPS) is 10.7. The number of hydrogen-bond donors (Lipinski definition) is 2. The Hall–Kier alpha value is -2.47. The van der Waals surface area contributed by atoms with Crippen molar-refractivity contribution in [3.8, 4) is 0 Å². The van der Waals surface area contributed by atoms with E-state index in [4.69, 9.17) is 0 Å². The van der Waals surface area contributed by atoms with Crippen LogP contribution in [0.5, 0.6) is 0 Å². The number of nitrogens with one attached hydrogen (secondary N) is 2.